The maximum atomic E-state index is 12.8. The molecule has 1 atom stereocenters. The van der Waals surface area contributed by atoms with E-state index in [1.165, 1.54) is 11.1 Å². The molecule has 1 aliphatic heterocycles. The van der Waals surface area contributed by atoms with Crippen molar-refractivity contribution in [1.29, 1.82) is 0 Å². The molecular formula is C22H23N3O2. The van der Waals surface area contributed by atoms with Crippen molar-refractivity contribution in [3.8, 4) is 11.3 Å². The second-order valence-corrected chi connectivity index (χ2v) is 7.17. The molecule has 0 N–H and O–H groups in total. The molecule has 1 aliphatic rings. The van der Waals surface area contributed by atoms with Crippen molar-refractivity contribution in [3.63, 3.8) is 0 Å². The van der Waals surface area contributed by atoms with Crippen LogP contribution >= 0.6 is 0 Å². The van der Waals surface area contributed by atoms with Gasteiger partial charge in [0.1, 0.15) is 0 Å². The molecular weight excluding hydrogens is 338 g/mol. The molecule has 0 bridgehead atoms. The SMILES string of the molecule is CN(CC1Cc2ccccc2CN1C)C(=O)c1cc(-c2ccccc2)on1. The predicted octanol–water partition coefficient (Wildman–Crippen LogP) is 3.47. The Morgan fingerprint density at radius 1 is 1.15 bits per heavy atom. The Labute approximate surface area is 159 Å². The number of nitrogens with zero attached hydrogens (tertiary/aromatic N) is 3. The van der Waals surface area contributed by atoms with Crippen LogP contribution in [0.5, 0.6) is 0 Å². The lowest BCUT2D eigenvalue weighted by atomic mass is 9.94. The van der Waals surface area contributed by atoms with Crippen molar-refractivity contribution in [2.24, 2.45) is 0 Å². The van der Waals surface area contributed by atoms with Crippen molar-refractivity contribution in [2.75, 3.05) is 20.6 Å². The van der Waals surface area contributed by atoms with Crippen molar-refractivity contribution in [1.82, 2.24) is 15.0 Å². The van der Waals surface area contributed by atoms with Crippen LogP contribution in [0.25, 0.3) is 11.3 Å². The second-order valence-electron chi connectivity index (χ2n) is 7.17. The third kappa shape index (κ3) is 3.64. The summed E-state index contributed by atoms with van der Waals surface area (Å²) in [7, 11) is 3.94. The Balaban J connectivity index is 1.45. The number of carbonyl (C=O) groups excluding carboxylic acids is 1. The van der Waals surface area contributed by atoms with Gasteiger partial charge in [0.05, 0.1) is 0 Å². The fourth-order valence-corrected chi connectivity index (χ4v) is 3.63. The maximum Gasteiger partial charge on any atom is 0.275 e. The van der Waals surface area contributed by atoms with E-state index < -0.39 is 0 Å². The average molecular weight is 361 g/mol. The molecule has 0 saturated heterocycles. The van der Waals surface area contributed by atoms with Crippen LogP contribution in [0.15, 0.2) is 65.2 Å². The molecule has 0 fully saturated rings. The zero-order valence-corrected chi connectivity index (χ0v) is 15.6. The summed E-state index contributed by atoms with van der Waals surface area (Å²) in [6, 6.07) is 20.2. The zero-order chi connectivity index (χ0) is 18.8. The minimum absolute atomic E-state index is 0.117. The predicted molar refractivity (Wildman–Crippen MR) is 104 cm³/mol. The summed E-state index contributed by atoms with van der Waals surface area (Å²) in [4.78, 5) is 16.8. The Kier molecular flexibility index (Phi) is 4.77. The van der Waals surface area contributed by atoms with Gasteiger partial charge in [0.2, 0.25) is 0 Å². The molecule has 0 aliphatic carbocycles. The van der Waals surface area contributed by atoms with E-state index in [-0.39, 0.29) is 11.9 Å². The number of hydrogen-bond acceptors (Lipinski definition) is 4. The summed E-state index contributed by atoms with van der Waals surface area (Å²) in [6.45, 7) is 1.56. The van der Waals surface area contributed by atoms with Crippen LogP contribution < -0.4 is 0 Å². The van der Waals surface area contributed by atoms with Crippen LogP contribution in [0, 0.1) is 0 Å². The van der Waals surface area contributed by atoms with Gasteiger partial charge >= 0.3 is 0 Å². The summed E-state index contributed by atoms with van der Waals surface area (Å²) in [5.41, 5.74) is 3.99. The molecule has 5 nitrogen and oxygen atoms in total. The molecule has 3 aromatic rings. The number of benzene rings is 2. The van der Waals surface area contributed by atoms with Gasteiger partial charge in [-0.3, -0.25) is 9.69 Å². The maximum absolute atomic E-state index is 12.8. The first-order valence-corrected chi connectivity index (χ1v) is 9.16. The number of rotatable bonds is 4. The van der Waals surface area contributed by atoms with Crippen LogP contribution in [0.1, 0.15) is 21.6 Å². The Bertz CT molecular complexity index is 935. The van der Waals surface area contributed by atoms with E-state index in [9.17, 15) is 4.79 Å². The van der Waals surface area contributed by atoms with E-state index >= 15 is 0 Å². The minimum atomic E-state index is -0.117. The minimum Gasteiger partial charge on any atom is -0.355 e. The van der Waals surface area contributed by atoms with E-state index in [4.69, 9.17) is 4.52 Å². The van der Waals surface area contributed by atoms with E-state index in [0.29, 0.717) is 18.0 Å². The Hall–Kier alpha value is -2.92. The summed E-state index contributed by atoms with van der Waals surface area (Å²) in [5.74, 6) is 0.490. The topological polar surface area (TPSA) is 49.6 Å². The normalized spacial score (nSPS) is 16.7. The van der Waals surface area contributed by atoms with Gasteiger partial charge in [0.25, 0.3) is 5.91 Å². The number of hydrogen-bond donors (Lipinski definition) is 0. The average Bonchev–Trinajstić information content (AvgIpc) is 3.19. The van der Waals surface area contributed by atoms with Crippen LogP contribution in [0.2, 0.25) is 0 Å². The first-order valence-electron chi connectivity index (χ1n) is 9.16. The molecule has 0 spiro atoms. The lowest BCUT2D eigenvalue weighted by molar-refractivity contribution is 0.0723. The number of amides is 1. The fraction of sp³-hybridized carbons (Fsp3) is 0.273. The quantitative estimate of drug-likeness (QED) is 0.714. The Morgan fingerprint density at radius 3 is 2.63 bits per heavy atom. The molecule has 5 heteroatoms. The van der Waals surface area contributed by atoms with E-state index in [1.54, 1.807) is 11.0 Å². The van der Waals surface area contributed by atoms with Crippen molar-refractivity contribution < 1.29 is 9.32 Å². The van der Waals surface area contributed by atoms with Gasteiger partial charge in [-0.2, -0.15) is 0 Å². The monoisotopic (exact) mass is 361 g/mol. The molecule has 2 heterocycles. The number of carbonyl (C=O) groups is 1. The molecule has 4 rings (SSSR count). The molecule has 2 aromatic carbocycles. The number of fused-ring (bicyclic) bond motifs is 1. The summed E-state index contributed by atoms with van der Waals surface area (Å²) >= 11 is 0. The lowest BCUT2D eigenvalue weighted by Gasteiger charge is -2.36. The standard InChI is InChI=1S/C22H23N3O2/c1-24-14-18-11-7-6-10-17(18)12-19(24)15-25(2)22(26)20-13-21(27-23-20)16-8-4-3-5-9-16/h3-11,13,19H,12,14-15H2,1-2H3. The second kappa shape index (κ2) is 7.37. The van der Waals surface area contributed by atoms with Crippen LogP contribution in [0.4, 0.5) is 0 Å². The molecule has 1 unspecified atom stereocenters. The van der Waals surface area contributed by atoms with Gasteiger partial charge in [-0.25, -0.2) is 0 Å². The number of aromatic nitrogens is 1. The highest BCUT2D eigenvalue weighted by Crippen LogP contribution is 2.23. The van der Waals surface area contributed by atoms with Crippen LogP contribution in [-0.4, -0.2) is 47.5 Å². The smallest absolute Gasteiger partial charge is 0.275 e. The Morgan fingerprint density at radius 2 is 1.85 bits per heavy atom. The van der Waals surface area contributed by atoms with Crippen molar-refractivity contribution >= 4 is 5.91 Å². The highest BCUT2D eigenvalue weighted by molar-refractivity contribution is 5.93. The summed E-state index contributed by atoms with van der Waals surface area (Å²) in [6.07, 6.45) is 0.943. The third-order valence-corrected chi connectivity index (χ3v) is 5.24. The van der Waals surface area contributed by atoms with Gasteiger partial charge < -0.3 is 9.42 Å². The summed E-state index contributed by atoms with van der Waals surface area (Å²) in [5, 5.41) is 3.98. The first-order chi connectivity index (χ1) is 13.1. The molecule has 138 valence electrons. The lowest BCUT2D eigenvalue weighted by Crippen LogP contribution is -2.46. The van der Waals surface area contributed by atoms with E-state index in [1.807, 2.05) is 37.4 Å². The highest BCUT2D eigenvalue weighted by Gasteiger charge is 2.26. The first kappa shape index (κ1) is 17.5. The van der Waals surface area contributed by atoms with Gasteiger partial charge in [-0.05, 0) is 24.6 Å². The fourth-order valence-electron chi connectivity index (χ4n) is 3.63. The highest BCUT2D eigenvalue weighted by atomic mass is 16.5. The van der Waals surface area contributed by atoms with E-state index in [0.717, 1.165) is 18.5 Å². The third-order valence-electron chi connectivity index (χ3n) is 5.24. The van der Waals surface area contributed by atoms with Gasteiger partial charge in [0, 0.05) is 37.8 Å². The van der Waals surface area contributed by atoms with Gasteiger partial charge in [-0.15, -0.1) is 0 Å². The zero-order valence-electron chi connectivity index (χ0n) is 15.6. The molecule has 1 amide bonds. The molecule has 1 aromatic heterocycles. The molecule has 27 heavy (non-hydrogen) atoms. The van der Waals surface area contributed by atoms with Gasteiger partial charge in [0.15, 0.2) is 11.5 Å². The molecule has 0 radical (unpaired) electrons. The van der Waals surface area contributed by atoms with Crippen LogP contribution in [0.3, 0.4) is 0 Å². The molecule has 0 saturated carbocycles. The van der Waals surface area contributed by atoms with Crippen LogP contribution in [-0.2, 0) is 13.0 Å². The van der Waals surface area contributed by atoms with Crippen molar-refractivity contribution in [2.45, 2.75) is 19.0 Å². The van der Waals surface area contributed by atoms with Crippen molar-refractivity contribution in [3.05, 3.63) is 77.5 Å². The van der Waals surface area contributed by atoms with Gasteiger partial charge in [-0.1, -0.05) is 59.8 Å². The largest absolute Gasteiger partial charge is 0.355 e. The number of likely N-dealkylation sites (N-methyl/N-ethyl adjacent to an activating group) is 2. The van der Waals surface area contributed by atoms with E-state index in [2.05, 4.69) is 41.4 Å². The summed E-state index contributed by atoms with van der Waals surface area (Å²) < 4.78 is 5.37.